The van der Waals surface area contributed by atoms with Gasteiger partial charge < -0.3 is 5.32 Å². The summed E-state index contributed by atoms with van der Waals surface area (Å²) in [6, 6.07) is 2.29. The van der Waals surface area contributed by atoms with Crippen LogP contribution in [0.1, 0.15) is 29.5 Å². The third-order valence-electron chi connectivity index (χ3n) is 4.16. The molecule has 0 bridgehead atoms. The molecule has 124 valence electrons. The number of nitrogens with zero attached hydrogens (tertiary/aromatic N) is 7. The van der Waals surface area contributed by atoms with E-state index in [0.29, 0.717) is 0 Å². The summed E-state index contributed by atoms with van der Waals surface area (Å²) < 4.78 is 3.79. The zero-order chi connectivity index (χ0) is 16.7. The lowest BCUT2D eigenvalue weighted by atomic mass is 10.1. The van der Waals surface area contributed by atoms with Crippen molar-refractivity contribution < 1.29 is 0 Å². The van der Waals surface area contributed by atoms with E-state index in [1.54, 1.807) is 12.4 Å². The molecule has 0 aliphatic carbocycles. The summed E-state index contributed by atoms with van der Waals surface area (Å²) in [6.45, 7) is 6.70. The lowest BCUT2D eigenvalue weighted by molar-refractivity contribution is 0.440. The van der Waals surface area contributed by atoms with E-state index < -0.39 is 0 Å². The van der Waals surface area contributed by atoms with Crippen molar-refractivity contribution in [2.75, 3.05) is 5.32 Å². The van der Waals surface area contributed by atoms with E-state index in [2.05, 4.69) is 30.5 Å². The van der Waals surface area contributed by atoms with Gasteiger partial charge in [0.25, 0.3) is 0 Å². The molecule has 3 aromatic heterocycles. The van der Waals surface area contributed by atoms with Crippen molar-refractivity contribution in [1.82, 2.24) is 34.5 Å². The SMILES string of the molecule is Cc1cc(C)n(-c2cncc(N[C@@H]3CCc4nc(C)nn4C3)n2)n1. The standard InChI is InChI=1S/C16H20N8/c1-10-6-11(2)24(21-10)16-8-17-7-14(20-16)19-13-4-5-15-18-12(3)22-23(15)9-13/h6-8,13H,4-5,9H2,1-3H3,(H,19,20)/t13-/m1/s1. The Morgan fingerprint density at radius 1 is 1.12 bits per heavy atom. The molecule has 8 heteroatoms. The Balaban J connectivity index is 1.54. The zero-order valence-corrected chi connectivity index (χ0v) is 14.1. The highest BCUT2D eigenvalue weighted by atomic mass is 15.4. The van der Waals surface area contributed by atoms with Crippen LogP contribution in [0.3, 0.4) is 0 Å². The summed E-state index contributed by atoms with van der Waals surface area (Å²) in [7, 11) is 0. The number of hydrogen-bond donors (Lipinski definition) is 1. The molecule has 4 rings (SSSR count). The third kappa shape index (κ3) is 2.75. The number of aryl methyl sites for hydroxylation is 4. The fourth-order valence-corrected chi connectivity index (χ4v) is 3.15. The average Bonchev–Trinajstić information content (AvgIpc) is 3.08. The van der Waals surface area contributed by atoms with Gasteiger partial charge in [-0.2, -0.15) is 10.2 Å². The highest BCUT2D eigenvalue weighted by Gasteiger charge is 2.21. The smallest absolute Gasteiger partial charge is 0.174 e. The van der Waals surface area contributed by atoms with Crippen LogP contribution in [0.15, 0.2) is 18.5 Å². The molecule has 24 heavy (non-hydrogen) atoms. The molecule has 0 saturated carbocycles. The number of hydrogen-bond acceptors (Lipinski definition) is 6. The van der Waals surface area contributed by atoms with Crippen LogP contribution >= 0.6 is 0 Å². The molecule has 0 spiro atoms. The second-order valence-electron chi connectivity index (χ2n) is 6.24. The maximum absolute atomic E-state index is 4.65. The van der Waals surface area contributed by atoms with Crippen molar-refractivity contribution in [2.45, 2.75) is 46.2 Å². The first-order valence-corrected chi connectivity index (χ1v) is 8.11. The second kappa shape index (κ2) is 5.70. The van der Waals surface area contributed by atoms with Crippen LogP contribution in [0.25, 0.3) is 5.82 Å². The maximum atomic E-state index is 4.65. The summed E-state index contributed by atoms with van der Waals surface area (Å²) in [5.74, 6) is 3.37. The predicted octanol–water partition coefficient (Wildman–Crippen LogP) is 1.61. The van der Waals surface area contributed by atoms with Gasteiger partial charge in [-0.1, -0.05) is 0 Å². The predicted molar refractivity (Wildman–Crippen MR) is 89.1 cm³/mol. The molecule has 0 saturated heterocycles. The lowest BCUT2D eigenvalue weighted by Gasteiger charge is -2.24. The van der Waals surface area contributed by atoms with Crippen LogP contribution in [0.2, 0.25) is 0 Å². The fraction of sp³-hybridized carbons (Fsp3) is 0.438. The first-order chi connectivity index (χ1) is 11.6. The van der Waals surface area contributed by atoms with Gasteiger partial charge in [0.2, 0.25) is 0 Å². The summed E-state index contributed by atoms with van der Waals surface area (Å²) in [5, 5.41) is 12.4. The molecule has 0 radical (unpaired) electrons. The number of fused-ring (bicyclic) bond motifs is 1. The average molecular weight is 324 g/mol. The topological polar surface area (TPSA) is 86.3 Å². The van der Waals surface area contributed by atoms with Gasteiger partial charge >= 0.3 is 0 Å². The van der Waals surface area contributed by atoms with Crippen molar-refractivity contribution in [3.8, 4) is 5.82 Å². The zero-order valence-electron chi connectivity index (χ0n) is 14.1. The van der Waals surface area contributed by atoms with E-state index in [4.69, 9.17) is 0 Å². The maximum Gasteiger partial charge on any atom is 0.174 e. The summed E-state index contributed by atoms with van der Waals surface area (Å²) in [6.07, 6.45) is 5.40. The van der Waals surface area contributed by atoms with Crippen LogP contribution < -0.4 is 5.32 Å². The number of anilines is 1. The molecule has 8 nitrogen and oxygen atoms in total. The van der Waals surface area contributed by atoms with Gasteiger partial charge in [0.05, 0.1) is 24.6 Å². The Kier molecular flexibility index (Phi) is 3.51. The number of rotatable bonds is 3. The molecule has 3 aromatic rings. The molecule has 0 aromatic carbocycles. The molecule has 4 heterocycles. The molecule has 1 aliphatic rings. The monoisotopic (exact) mass is 324 g/mol. The van der Waals surface area contributed by atoms with E-state index in [0.717, 1.165) is 54.1 Å². The fourth-order valence-electron chi connectivity index (χ4n) is 3.15. The summed E-state index contributed by atoms with van der Waals surface area (Å²) in [4.78, 5) is 13.4. The minimum atomic E-state index is 0.267. The summed E-state index contributed by atoms with van der Waals surface area (Å²) >= 11 is 0. The highest BCUT2D eigenvalue weighted by Crippen LogP contribution is 2.17. The first kappa shape index (κ1) is 14.8. The lowest BCUT2D eigenvalue weighted by Crippen LogP contribution is -2.32. The van der Waals surface area contributed by atoms with E-state index >= 15 is 0 Å². The third-order valence-corrected chi connectivity index (χ3v) is 4.16. The summed E-state index contributed by atoms with van der Waals surface area (Å²) in [5.41, 5.74) is 2.01. The van der Waals surface area contributed by atoms with Crippen molar-refractivity contribution in [3.63, 3.8) is 0 Å². The Morgan fingerprint density at radius 3 is 2.79 bits per heavy atom. The van der Waals surface area contributed by atoms with Gasteiger partial charge in [-0.3, -0.25) is 4.98 Å². The minimum Gasteiger partial charge on any atom is -0.364 e. The van der Waals surface area contributed by atoms with Crippen LogP contribution in [0.5, 0.6) is 0 Å². The van der Waals surface area contributed by atoms with Crippen LogP contribution in [-0.4, -0.2) is 40.6 Å². The van der Waals surface area contributed by atoms with Crippen molar-refractivity contribution in [2.24, 2.45) is 0 Å². The minimum absolute atomic E-state index is 0.267. The molecule has 1 atom stereocenters. The Morgan fingerprint density at radius 2 is 2.00 bits per heavy atom. The van der Waals surface area contributed by atoms with Crippen molar-refractivity contribution in [3.05, 3.63) is 41.5 Å². The number of nitrogens with one attached hydrogen (secondary N) is 1. The van der Waals surface area contributed by atoms with Crippen molar-refractivity contribution >= 4 is 5.82 Å². The van der Waals surface area contributed by atoms with Gasteiger partial charge in [-0.15, -0.1) is 0 Å². The van der Waals surface area contributed by atoms with Crippen LogP contribution in [-0.2, 0) is 13.0 Å². The molecule has 0 amide bonds. The Hall–Kier alpha value is -2.77. The normalized spacial score (nSPS) is 16.9. The Labute approximate surface area is 140 Å². The van der Waals surface area contributed by atoms with Crippen LogP contribution in [0, 0.1) is 20.8 Å². The molecular weight excluding hydrogens is 304 g/mol. The Bertz CT molecular complexity index is 878. The van der Waals surface area contributed by atoms with Crippen LogP contribution in [0.4, 0.5) is 5.82 Å². The quantitative estimate of drug-likeness (QED) is 0.787. The molecular formula is C16H20N8. The largest absolute Gasteiger partial charge is 0.364 e. The van der Waals surface area contributed by atoms with Crippen molar-refractivity contribution in [1.29, 1.82) is 0 Å². The molecule has 1 N–H and O–H groups in total. The van der Waals surface area contributed by atoms with E-state index in [-0.39, 0.29) is 6.04 Å². The van der Waals surface area contributed by atoms with E-state index in [1.165, 1.54) is 0 Å². The first-order valence-electron chi connectivity index (χ1n) is 8.11. The van der Waals surface area contributed by atoms with Gasteiger partial charge in [-0.05, 0) is 33.3 Å². The van der Waals surface area contributed by atoms with Gasteiger partial charge in [0.1, 0.15) is 17.5 Å². The number of aromatic nitrogens is 7. The van der Waals surface area contributed by atoms with E-state index in [9.17, 15) is 0 Å². The van der Waals surface area contributed by atoms with E-state index in [1.807, 2.05) is 36.2 Å². The highest BCUT2D eigenvalue weighted by molar-refractivity contribution is 5.37. The molecule has 0 unspecified atom stereocenters. The van der Waals surface area contributed by atoms with Gasteiger partial charge in [0.15, 0.2) is 5.82 Å². The van der Waals surface area contributed by atoms with Gasteiger partial charge in [-0.25, -0.2) is 19.3 Å². The molecule has 0 fully saturated rings. The second-order valence-corrected chi connectivity index (χ2v) is 6.24. The van der Waals surface area contributed by atoms with Gasteiger partial charge in [0, 0.05) is 18.2 Å². The molecule has 1 aliphatic heterocycles.